The van der Waals surface area contributed by atoms with Crippen LogP contribution in [0.5, 0.6) is 5.75 Å². The second-order valence-electron chi connectivity index (χ2n) is 5.35. The van der Waals surface area contributed by atoms with E-state index in [1.54, 1.807) is 16.8 Å². The molecule has 0 radical (unpaired) electrons. The van der Waals surface area contributed by atoms with Crippen LogP contribution in [0.4, 0.5) is 0 Å². The maximum absolute atomic E-state index is 12.2. The van der Waals surface area contributed by atoms with E-state index in [-0.39, 0.29) is 12.5 Å². The van der Waals surface area contributed by atoms with Gasteiger partial charge in [-0.25, -0.2) is 4.68 Å². The monoisotopic (exact) mass is 316 g/mol. The summed E-state index contributed by atoms with van der Waals surface area (Å²) in [5.74, 6) is 0.688. The number of amides is 1. The fourth-order valence-electron chi connectivity index (χ4n) is 2.52. The number of tetrazole rings is 1. The Labute approximate surface area is 134 Å². The molecular formula is C15H20N6O2. The maximum atomic E-state index is 12.2. The number of carbonyl (C=O) groups excluding carboxylic acids is 1. The number of ether oxygens (including phenoxy) is 1. The van der Waals surface area contributed by atoms with Gasteiger partial charge >= 0.3 is 0 Å². The largest absolute Gasteiger partial charge is 0.484 e. The van der Waals surface area contributed by atoms with E-state index in [4.69, 9.17) is 4.74 Å². The number of hydrogen-bond donors (Lipinski definition) is 0. The third kappa shape index (κ3) is 3.84. The molecule has 1 aliphatic heterocycles. The van der Waals surface area contributed by atoms with Crippen molar-refractivity contribution in [1.82, 2.24) is 30.0 Å². The van der Waals surface area contributed by atoms with E-state index in [1.807, 2.05) is 17.0 Å². The lowest BCUT2D eigenvalue weighted by Gasteiger charge is -2.33. The number of nitrogens with zero attached hydrogens (tertiary/aromatic N) is 6. The van der Waals surface area contributed by atoms with Crippen LogP contribution in [0.1, 0.15) is 6.92 Å². The van der Waals surface area contributed by atoms with Crippen LogP contribution in [0, 0.1) is 0 Å². The summed E-state index contributed by atoms with van der Waals surface area (Å²) in [6.07, 6.45) is 1.52. The molecule has 122 valence electrons. The summed E-state index contributed by atoms with van der Waals surface area (Å²) in [7, 11) is 0. The van der Waals surface area contributed by atoms with E-state index in [0.717, 1.165) is 38.4 Å². The number of rotatable bonds is 5. The van der Waals surface area contributed by atoms with Crippen LogP contribution in [-0.4, -0.2) is 75.2 Å². The first-order valence-corrected chi connectivity index (χ1v) is 7.72. The first kappa shape index (κ1) is 15.4. The average molecular weight is 316 g/mol. The molecule has 2 heterocycles. The molecule has 8 nitrogen and oxygen atoms in total. The highest BCUT2D eigenvalue weighted by Crippen LogP contribution is 2.14. The van der Waals surface area contributed by atoms with Crippen molar-refractivity contribution in [3.63, 3.8) is 0 Å². The second kappa shape index (κ2) is 7.19. The SMILES string of the molecule is CCN1CCN(C(=O)COc2ccc(-n3cnnn3)cc2)CC1. The Morgan fingerprint density at radius 1 is 1.17 bits per heavy atom. The van der Waals surface area contributed by atoms with Crippen molar-refractivity contribution < 1.29 is 9.53 Å². The van der Waals surface area contributed by atoms with Crippen LogP contribution in [0.3, 0.4) is 0 Å². The lowest BCUT2D eigenvalue weighted by atomic mass is 10.3. The van der Waals surface area contributed by atoms with Gasteiger partial charge in [-0.1, -0.05) is 6.92 Å². The summed E-state index contributed by atoms with van der Waals surface area (Å²) >= 11 is 0. The Balaban J connectivity index is 1.49. The van der Waals surface area contributed by atoms with Gasteiger partial charge in [0.15, 0.2) is 6.61 Å². The fraction of sp³-hybridized carbons (Fsp3) is 0.467. The molecule has 0 aliphatic carbocycles. The minimum atomic E-state index is 0.0327. The molecule has 1 saturated heterocycles. The maximum Gasteiger partial charge on any atom is 0.260 e. The Bertz CT molecular complexity index is 620. The number of likely N-dealkylation sites (N-methyl/N-ethyl adjacent to an activating group) is 1. The fourth-order valence-corrected chi connectivity index (χ4v) is 2.52. The lowest BCUT2D eigenvalue weighted by Crippen LogP contribution is -2.49. The normalized spacial score (nSPS) is 15.6. The van der Waals surface area contributed by atoms with E-state index in [9.17, 15) is 4.79 Å². The molecule has 2 aromatic rings. The van der Waals surface area contributed by atoms with Crippen molar-refractivity contribution in [3.8, 4) is 11.4 Å². The molecule has 0 bridgehead atoms. The highest BCUT2D eigenvalue weighted by atomic mass is 16.5. The third-order valence-electron chi connectivity index (χ3n) is 3.98. The van der Waals surface area contributed by atoms with Crippen LogP contribution in [-0.2, 0) is 4.79 Å². The predicted molar refractivity (Wildman–Crippen MR) is 83.3 cm³/mol. The van der Waals surface area contributed by atoms with Crippen molar-refractivity contribution >= 4 is 5.91 Å². The number of benzene rings is 1. The Morgan fingerprint density at radius 2 is 1.91 bits per heavy atom. The molecule has 8 heteroatoms. The second-order valence-corrected chi connectivity index (χ2v) is 5.35. The van der Waals surface area contributed by atoms with Gasteiger partial charge in [0.2, 0.25) is 0 Å². The van der Waals surface area contributed by atoms with Gasteiger partial charge in [-0.15, -0.1) is 5.10 Å². The molecule has 3 rings (SSSR count). The van der Waals surface area contributed by atoms with E-state index in [2.05, 4.69) is 27.3 Å². The molecular weight excluding hydrogens is 296 g/mol. The highest BCUT2D eigenvalue weighted by Gasteiger charge is 2.20. The van der Waals surface area contributed by atoms with E-state index < -0.39 is 0 Å². The molecule has 1 aromatic heterocycles. The van der Waals surface area contributed by atoms with Crippen molar-refractivity contribution in [3.05, 3.63) is 30.6 Å². The van der Waals surface area contributed by atoms with Crippen LogP contribution >= 0.6 is 0 Å². The molecule has 1 amide bonds. The molecule has 0 saturated carbocycles. The molecule has 1 aromatic carbocycles. The summed E-state index contributed by atoms with van der Waals surface area (Å²) in [6, 6.07) is 7.30. The smallest absolute Gasteiger partial charge is 0.260 e. The molecule has 1 aliphatic rings. The van der Waals surface area contributed by atoms with E-state index in [1.165, 1.54) is 6.33 Å². The number of carbonyl (C=O) groups is 1. The molecule has 0 N–H and O–H groups in total. The molecule has 1 fully saturated rings. The van der Waals surface area contributed by atoms with Crippen LogP contribution in [0.15, 0.2) is 30.6 Å². The predicted octanol–water partition coefficient (Wildman–Crippen LogP) is 0.205. The molecule has 0 atom stereocenters. The number of piperazine rings is 1. The van der Waals surface area contributed by atoms with Gasteiger partial charge in [0.1, 0.15) is 12.1 Å². The van der Waals surface area contributed by atoms with E-state index in [0.29, 0.717) is 5.75 Å². The molecule has 23 heavy (non-hydrogen) atoms. The minimum absolute atomic E-state index is 0.0327. The van der Waals surface area contributed by atoms with Crippen LogP contribution < -0.4 is 4.74 Å². The number of hydrogen-bond acceptors (Lipinski definition) is 6. The quantitative estimate of drug-likeness (QED) is 0.784. The standard InChI is InChI=1S/C15H20N6O2/c1-2-19-7-9-20(10-8-19)15(22)11-23-14-5-3-13(4-6-14)21-12-16-17-18-21/h3-6,12H,2,7-11H2,1H3. The Hall–Kier alpha value is -2.48. The molecule has 0 spiro atoms. The van der Waals surface area contributed by atoms with Gasteiger partial charge in [-0.3, -0.25) is 4.79 Å². The topological polar surface area (TPSA) is 76.4 Å². The summed E-state index contributed by atoms with van der Waals surface area (Å²) in [5.41, 5.74) is 0.837. The van der Waals surface area contributed by atoms with Crippen molar-refractivity contribution in [2.24, 2.45) is 0 Å². The summed E-state index contributed by atoms with van der Waals surface area (Å²) in [6.45, 7) is 6.65. The van der Waals surface area contributed by atoms with Gasteiger partial charge in [0, 0.05) is 26.2 Å². The van der Waals surface area contributed by atoms with Crippen LogP contribution in [0.25, 0.3) is 5.69 Å². The first-order valence-electron chi connectivity index (χ1n) is 7.72. The van der Waals surface area contributed by atoms with Gasteiger partial charge in [-0.05, 0) is 41.2 Å². The van der Waals surface area contributed by atoms with Gasteiger partial charge in [0.05, 0.1) is 5.69 Å². The summed E-state index contributed by atoms with van der Waals surface area (Å²) in [4.78, 5) is 16.4. The Kier molecular flexibility index (Phi) is 4.82. The van der Waals surface area contributed by atoms with Crippen LogP contribution in [0.2, 0.25) is 0 Å². The Morgan fingerprint density at radius 3 is 2.52 bits per heavy atom. The summed E-state index contributed by atoms with van der Waals surface area (Å²) in [5, 5.41) is 11.0. The van der Waals surface area contributed by atoms with Crippen molar-refractivity contribution in [2.45, 2.75) is 6.92 Å². The van der Waals surface area contributed by atoms with Gasteiger partial charge < -0.3 is 14.5 Å². The van der Waals surface area contributed by atoms with Crippen molar-refractivity contribution in [1.29, 1.82) is 0 Å². The minimum Gasteiger partial charge on any atom is -0.484 e. The zero-order valence-corrected chi connectivity index (χ0v) is 13.1. The lowest BCUT2D eigenvalue weighted by molar-refractivity contribution is -0.135. The average Bonchev–Trinajstić information content (AvgIpc) is 3.15. The number of aromatic nitrogens is 4. The van der Waals surface area contributed by atoms with E-state index >= 15 is 0 Å². The van der Waals surface area contributed by atoms with Gasteiger partial charge in [0.25, 0.3) is 5.91 Å². The third-order valence-corrected chi connectivity index (χ3v) is 3.98. The van der Waals surface area contributed by atoms with Gasteiger partial charge in [-0.2, -0.15) is 0 Å². The van der Waals surface area contributed by atoms with Crippen molar-refractivity contribution in [2.75, 3.05) is 39.3 Å². The zero-order valence-electron chi connectivity index (χ0n) is 13.1. The molecule has 0 unspecified atom stereocenters. The zero-order chi connectivity index (χ0) is 16.1. The highest BCUT2D eigenvalue weighted by molar-refractivity contribution is 5.77. The summed E-state index contributed by atoms with van der Waals surface area (Å²) < 4.78 is 7.14. The first-order chi connectivity index (χ1) is 11.3.